The third kappa shape index (κ3) is 2.49. The largest absolute Gasteiger partial charge is 0.542 e. The van der Waals surface area contributed by atoms with E-state index in [9.17, 15) is 19.8 Å². The van der Waals surface area contributed by atoms with Gasteiger partial charge in [0.25, 0.3) is 0 Å². The van der Waals surface area contributed by atoms with Crippen molar-refractivity contribution < 1.29 is 30.0 Å². The molecule has 0 saturated carbocycles. The Labute approximate surface area is 87.3 Å². The monoisotopic (exact) mass is 232 g/mol. The molecule has 2 atom stereocenters. The van der Waals surface area contributed by atoms with Crippen LogP contribution in [0.1, 0.15) is 21.6 Å². The van der Waals surface area contributed by atoms with Crippen molar-refractivity contribution in [3.63, 3.8) is 0 Å². The van der Waals surface area contributed by atoms with E-state index in [-0.39, 0.29) is 10.7 Å². The Morgan fingerprint density at radius 1 is 1.47 bits per heavy atom. The molecule has 1 heterocycles. The number of rotatable bonds is 4. The molecular weight excluding hydrogens is 226 g/mol. The van der Waals surface area contributed by atoms with Gasteiger partial charge in [0.2, 0.25) is 0 Å². The number of carboxylic acid groups (broad SMARTS) is 2. The Bertz CT molecular complexity index is 389. The van der Waals surface area contributed by atoms with Gasteiger partial charge in [-0.25, -0.2) is 9.78 Å². The second-order valence-electron chi connectivity index (χ2n) is 2.59. The quantitative estimate of drug-likeness (QED) is 0.546. The molecule has 8 heteroatoms. The number of aromatic carboxylic acids is 1. The summed E-state index contributed by atoms with van der Waals surface area (Å²) in [4.78, 5) is 24.0. The van der Waals surface area contributed by atoms with Crippen LogP contribution >= 0.6 is 11.3 Å². The van der Waals surface area contributed by atoms with Crippen LogP contribution in [0.4, 0.5) is 0 Å². The minimum absolute atomic E-state index is 0.214. The predicted molar refractivity (Wildman–Crippen MR) is 45.0 cm³/mol. The van der Waals surface area contributed by atoms with Crippen LogP contribution in [0.5, 0.6) is 0 Å². The van der Waals surface area contributed by atoms with E-state index in [4.69, 9.17) is 10.2 Å². The predicted octanol–water partition coefficient (Wildman–Crippen LogP) is -2.01. The fourth-order valence-corrected chi connectivity index (χ4v) is 1.49. The molecule has 2 unspecified atom stereocenters. The number of thiazole rings is 1. The van der Waals surface area contributed by atoms with Crippen LogP contribution in [0.25, 0.3) is 0 Å². The van der Waals surface area contributed by atoms with E-state index in [0.717, 1.165) is 5.38 Å². The van der Waals surface area contributed by atoms with Crippen LogP contribution in [-0.2, 0) is 4.79 Å². The van der Waals surface area contributed by atoms with Crippen LogP contribution in [0.3, 0.4) is 0 Å². The van der Waals surface area contributed by atoms with Gasteiger partial charge in [-0.1, -0.05) is 0 Å². The summed E-state index contributed by atoms with van der Waals surface area (Å²) in [7, 11) is 0. The Morgan fingerprint density at radius 3 is 2.47 bits per heavy atom. The fraction of sp³-hybridized carbons (Fsp3) is 0.286. The molecule has 0 aliphatic rings. The van der Waals surface area contributed by atoms with E-state index in [2.05, 4.69) is 4.98 Å². The molecule has 0 amide bonds. The first-order valence-corrected chi connectivity index (χ1v) is 4.57. The maximum atomic E-state index is 10.3. The van der Waals surface area contributed by atoms with Gasteiger partial charge in [0, 0.05) is 5.38 Å². The lowest BCUT2D eigenvalue weighted by Crippen LogP contribution is -2.28. The van der Waals surface area contributed by atoms with Gasteiger partial charge in [-0.15, -0.1) is 11.3 Å². The summed E-state index contributed by atoms with van der Waals surface area (Å²) in [6.45, 7) is 0. The van der Waals surface area contributed by atoms with E-state index in [1.807, 2.05) is 0 Å². The Balaban J connectivity index is 2.87. The van der Waals surface area contributed by atoms with Gasteiger partial charge in [-0.3, -0.25) is 0 Å². The first-order valence-electron chi connectivity index (χ1n) is 3.69. The van der Waals surface area contributed by atoms with Gasteiger partial charge in [-0.2, -0.15) is 0 Å². The van der Waals surface area contributed by atoms with Gasteiger partial charge in [0.15, 0.2) is 6.10 Å². The van der Waals surface area contributed by atoms with Crippen molar-refractivity contribution in [2.75, 3.05) is 0 Å². The highest BCUT2D eigenvalue weighted by molar-refractivity contribution is 7.11. The SMILES string of the molecule is O=C([O-])c1nc(C(O)C(O)C(=O)O)cs1. The molecule has 0 fully saturated rings. The smallest absolute Gasteiger partial charge is 0.335 e. The number of carbonyl (C=O) groups is 2. The van der Waals surface area contributed by atoms with Crippen molar-refractivity contribution in [1.29, 1.82) is 0 Å². The molecular formula is C7H6NO6S-. The van der Waals surface area contributed by atoms with E-state index < -0.39 is 24.1 Å². The van der Waals surface area contributed by atoms with Crippen LogP contribution in [-0.4, -0.2) is 38.3 Å². The van der Waals surface area contributed by atoms with Gasteiger partial charge in [-0.05, 0) is 0 Å². The zero-order valence-electron chi connectivity index (χ0n) is 7.15. The molecule has 0 saturated heterocycles. The minimum atomic E-state index is -2.04. The second-order valence-corrected chi connectivity index (χ2v) is 3.45. The Hall–Kier alpha value is -1.51. The lowest BCUT2D eigenvalue weighted by molar-refractivity contribution is -0.255. The van der Waals surface area contributed by atoms with Gasteiger partial charge >= 0.3 is 5.97 Å². The number of aliphatic hydroxyl groups is 2. The summed E-state index contributed by atoms with van der Waals surface area (Å²) in [6, 6.07) is 0. The van der Waals surface area contributed by atoms with Gasteiger partial charge in [0.1, 0.15) is 17.1 Å². The average molecular weight is 232 g/mol. The van der Waals surface area contributed by atoms with Crippen molar-refractivity contribution >= 4 is 23.3 Å². The molecule has 0 aliphatic heterocycles. The average Bonchev–Trinajstić information content (AvgIpc) is 2.64. The van der Waals surface area contributed by atoms with Crippen LogP contribution in [0.15, 0.2) is 5.38 Å². The Morgan fingerprint density at radius 2 is 2.07 bits per heavy atom. The number of aliphatic hydroxyl groups excluding tert-OH is 2. The molecule has 1 aromatic heterocycles. The first-order chi connectivity index (χ1) is 6.93. The van der Waals surface area contributed by atoms with E-state index in [1.54, 1.807) is 0 Å². The summed E-state index contributed by atoms with van der Waals surface area (Å²) in [6.07, 6.45) is -3.80. The van der Waals surface area contributed by atoms with Crippen molar-refractivity contribution in [2.45, 2.75) is 12.2 Å². The number of hydrogen-bond donors (Lipinski definition) is 3. The molecule has 0 bridgehead atoms. The maximum Gasteiger partial charge on any atom is 0.335 e. The number of nitrogens with zero attached hydrogens (tertiary/aromatic N) is 1. The number of aromatic nitrogens is 1. The van der Waals surface area contributed by atoms with E-state index in [1.165, 1.54) is 0 Å². The molecule has 0 radical (unpaired) electrons. The lowest BCUT2D eigenvalue weighted by atomic mass is 10.1. The molecule has 0 aliphatic carbocycles. The van der Waals surface area contributed by atoms with Crippen molar-refractivity contribution in [1.82, 2.24) is 4.98 Å². The zero-order chi connectivity index (χ0) is 11.6. The first kappa shape index (κ1) is 11.6. The number of carbonyl (C=O) groups excluding carboxylic acids is 1. The van der Waals surface area contributed by atoms with Crippen LogP contribution in [0, 0.1) is 0 Å². The Kier molecular flexibility index (Phi) is 3.35. The third-order valence-corrected chi connectivity index (χ3v) is 2.39. The summed E-state index contributed by atoms with van der Waals surface area (Å²) in [5, 5.41) is 37.6. The van der Waals surface area contributed by atoms with Crippen LogP contribution < -0.4 is 5.11 Å². The van der Waals surface area contributed by atoms with Gasteiger partial charge < -0.3 is 25.2 Å². The van der Waals surface area contributed by atoms with Crippen molar-refractivity contribution in [2.24, 2.45) is 0 Å². The summed E-state index contributed by atoms with van der Waals surface area (Å²) >= 11 is 0.678. The standard InChI is InChI=1S/C7H7NO6S/c9-3(4(10)6(11)12)2-1-15-5(8-2)7(13)14/h1,3-4,9-10H,(H,11,12)(H,13,14)/p-1. The number of aliphatic carboxylic acids is 1. The minimum Gasteiger partial charge on any atom is -0.542 e. The number of hydrogen-bond acceptors (Lipinski definition) is 7. The molecule has 0 spiro atoms. The maximum absolute atomic E-state index is 10.3. The molecule has 15 heavy (non-hydrogen) atoms. The topological polar surface area (TPSA) is 131 Å². The second kappa shape index (κ2) is 4.34. The molecule has 7 nitrogen and oxygen atoms in total. The molecule has 1 aromatic rings. The van der Waals surface area contributed by atoms with Crippen molar-refractivity contribution in [3.05, 3.63) is 16.1 Å². The van der Waals surface area contributed by atoms with E-state index >= 15 is 0 Å². The highest BCUT2D eigenvalue weighted by atomic mass is 32.1. The lowest BCUT2D eigenvalue weighted by Gasteiger charge is -2.10. The summed E-state index contributed by atoms with van der Waals surface area (Å²) in [5.41, 5.74) is -0.214. The number of carboxylic acids is 2. The van der Waals surface area contributed by atoms with Crippen molar-refractivity contribution in [3.8, 4) is 0 Å². The molecule has 82 valence electrons. The molecule has 3 N–H and O–H groups in total. The zero-order valence-corrected chi connectivity index (χ0v) is 7.97. The molecule has 0 aromatic carbocycles. The van der Waals surface area contributed by atoms with E-state index in [0.29, 0.717) is 11.3 Å². The highest BCUT2D eigenvalue weighted by Gasteiger charge is 2.27. The summed E-state index contributed by atoms with van der Waals surface area (Å²) in [5.74, 6) is -3.14. The normalized spacial score (nSPS) is 14.5. The van der Waals surface area contributed by atoms with Crippen LogP contribution in [0.2, 0.25) is 0 Å². The van der Waals surface area contributed by atoms with Gasteiger partial charge in [0.05, 0.1) is 5.69 Å². The highest BCUT2D eigenvalue weighted by Crippen LogP contribution is 2.19. The molecule has 1 rings (SSSR count). The third-order valence-electron chi connectivity index (χ3n) is 1.55. The fourth-order valence-electron chi connectivity index (χ4n) is 0.813. The summed E-state index contributed by atoms with van der Waals surface area (Å²) < 4.78 is 0.